The first-order valence-electron chi connectivity index (χ1n) is 10.4. The highest BCUT2D eigenvalue weighted by molar-refractivity contribution is 5.75. The number of nitrogens with zero attached hydrogens (tertiary/aromatic N) is 1. The lowest BCUT2D eigenvalue weighted by atomic mass is 9.93. The molecule has 0 saturated carbocycles. The second-order valence-electron chi connectivity index (χ2n) is 7.72. The topological polar surface area (TPSA) is 50.8 Å². The van der Waals surface area contributed by atoms with Crippen LogP contribution in [0.25, 0.3) is 0 Å². The minimum absolute atomic E-state index is 0.100. The van der Waals surface area contributed by atoms with Gasteiger partial charge in [0.15, 0.2) is 0 Å². The van der Waals surface area contributed by atoms with E-state index in [1.165, 1.54) is 18.4 Å². The van der Waals surface area contributed by atoms with Gasteiger partial charge in [0.05, 0.1) is 14.2 Å². The molecule has 0 bridgehead atoms. The molecule has 0 radical (unpaired) electrons. The molecule has 1 saturated heterocycles. The van der Waals surface area contributed by atoms with Gasteiger partial charge in [-0.1, -0.05) is 30.3 Å². The number of carbonyl (C=O) groups excluding carboxylic acids is 1. The molecule has 0 spiro atoms. The molecule has 1 fully saturated rings. The summed E-state index contributed by atoms with van der Waals surface area (Å²) in [5.41, 5.74) is 2.31. The van der Waals surface area contributed by atoms with Crippen molar-refractivity contribution in [3.05, 3.63) is 59.7 Å². The Labute approximate surface area is 174 Å². The van der Waals surface area contributed by atoms with E-state index in [4.69, 9.17) is 9.47 Å². The Morgan fingerprint density at radius 2 is 1.97 bits per heavy atom. The molecule has 1 aliphatic rings. The van der Waals surface area contributed by atoms with Crippen LogP contribution in [0.5, 0.6) is 11.5 Å². The van der Waals surface area contributed by atoms with Gasteiger partial charge < -0.3 is 14.8 Å². The molecule has 1 N–H and O–H groups in total. The maximum atomic E-state index is 12.4. The Morgan fingerprint density at radius 3 is 2.72 bits per heavy atom. The Bertz CT molecular complexity index is 779. The van der Waals surface area contributed by atoms with E-state index in [2.05, 4.69) is 40.5 Å². The Kier molecular flexibility index (Phi) is 7.94. The number of benzene rings is 2. The molecule has 3 rings (SSSR count). The highest BCUT2D eigenvalue weighted by atomic mass is 16.5. The quantitative estimate of drug-likeness (QED) is 0.696. The van der Waals surface area contributed by atoms with Gasteiger partial charge in [-0.3, -0.25) is 9.69 Å². The summed E-state index contributed by atoms with van der Waals surface area (Å²) < 4.78 is 10.6. The third kappa shape index (κ3) is 6.50. The van der Waals surface area contributed by atoms with Gasteiger partial charge in [0.2, 0.25) is 5.91 Å². The normalized spacial score (nSPS) is 17.0. The van der Waals surface area contributed by atoms with Gasteiger partial charge in [-0.05, 0) is 49.4 Å². The van der Waals surface area contributed by atoms with E-state index in [1.807, 2.05) is 18.2 Å². The van der Waals surface area contributed by atoms with Crippen molar-refractivity contribution in [2.45, 2.75) is 38.8 Å². The summed E-state index contributed by atoms with van der Waals surface area (Å²) in [7, 11) is 3.26. The first-order chi connectivity index (χ1) is 14.2. The molecule has 5 heteroatoms. The number of hydrogen-bond acceptors (Lipinski definition) is 4. The molecular weight excluding hydrogens is 364 g/mol. The monoisotopic (exact) mass is 396 g/mol. The fourth-order valence-corrected chi connectivity index (χ4v) is 3.99. The van der Waals surface area contributed by atoms with Gasteiger partial charge in [-0.15, -0.1) is 0 Å². The van der Waals surface area contributed by atoms with Crippen LogP contribution in [0, 0.1) is 5.92 Å². The van der Waals surface area contributed by atoms with E-state index in [-0.39, 0.29) is 5.91 Å². The molecule has 0 aromatic heterocycles. The summed E-state index contributed by atoms with van der Waals surface area (Å²) in [6.45, 7) is 3.70. The lowest BCUT2D eigenvalue weighted by Crippen LogP contribution is -2.35. The lowest BCUT2D eigenvalue weighted by Gasteiger charge is -2.32. The van der Waals surface area contributed by atoms with Crippen LogP contribution in [0.3, 0.4) is 0 Å². The molecule has 1 aliphatic heterocycles. The molecule has 156 valence electrons. The molecule has 1 heterocycles. The third-order valence-corrected chi connectivity index (χ3v) is 5.60. The van der Waals surface area contributed by atoms with Crippen LogP contribution in [0.15, 0.2) is 48.5 Å². The maximum Gasteiger partial charge on any atom is 0.220 e. The fourth-order valence-electron chi connectivity index (χ4n) is 3.99. The predicted octanol–water partition coefficient (Wildman–Crippen LogP) is 4.01. The highest BCUT2D eigenvalue weighted by Crippen LogP contribution is 2.25. The zero-order chi connectivity index (χ0) is 20.5. The minimum Gasteiger partial charge on any atom is -0.497 e. The van der Waals surface area contributed by atoms with Crippen LogP contribution in [0.4, 0.5) is 0 Å². The van der Waals surface area contributed by atoms with E-state index >= 15 is 0 Å². The predicted molar refractivity (Wildman–Crippen MR) is 115 cm³/mol. The summed E-state index contributed by atoms with van der Waals surface area (Å²) in [6, 6.07) is 16.3. The highest BCUT2D eigenvalue weighted by Gasteiger charge is 2.20. The van der Waals surface area contributed by atoms with Gasteiger partial charge in [0.1, 0.15) is 11.5 Å². The number of amides is 1. The lowest BCUT2D eigenvalue weighted by molar-refractivity contribution is -0.121. The largest absolute Gasteiger partial charge is 0.497 e. The van der Waals surface area contributed by atoms with Gasteiger partial charge in [-0.25, -0.2) is 0 Å². The summed E-state index contributed by atoms with van der Waals surface area (Å²) in [5, 5.41) is 3.03. The van der Waals surface area contributed by atoms with Crippen LogP contribution in [0.2, 0.25) is 0 Å². The molecule has 1 atom stereocenters. The van der Waals surface area contributed by atoms with E-state index in [1.54, 1.807) is 14.2 Å². The second-order valence-corrected chi connectivity index (χ2v) is 7.72. The Balaban J connectivity index is 1.42. The Morgan fingerprint density at radius 1 is 1.14 bits per heavy atom. The van der Waals surface area contributed by atoms with Crippen molar-refractivity contribution < 1.29 is 14.3 Å². The van der Waals surface area contributed by atoms with E-state index in [9.17, 15) is 4.79 Å². The average Bonchev–Trinajstić information content (AvgIpc) is 2.77. The SMILES string of the molecule is COc1ccc(CNC(=O)CCC2CCCN(Cc3ccccc3)C2)c(OC)c1. The van der Waals surface area contributed by atoms with E-state index in [0.29, 0.717) is 18.9 Å². The van der Waals surface area contributed by atoms with Gasteiger partial charge in [-0.2, -0.15) is 0 Å². The molecule has 2 aromatic rings. The number of carbonyl (C=O) groups is 1. The van der Waals surface area contributed by atoms with Crippen molar-refractivity contribution in [1.29, 1.82) is 0 Å². The summed E-state index contributed by atoms with van der Waals surface area (Å²) in [5.74, 6) is 2.17. The van der Waals surface area contributed by atoms with Crippen molar-refractivity contribution in [3.8, 4) is 11.5 Å². The minimum atomic E-state index is 0.100. The summed E-state index contributed by atoms with van der Waals surface area (Å²) in [4.78, 5) is 14.9. The molecule has 1 amide bonds. The van der Waals surface area contributed by atoms with E-state index in [0.717, 1.165) is 43.1 Å². The van der Waals surface area contributed by atoms with Crippen molar-refractivity contribution in [1.82, 2.24) is 10.2 Å². The molecular formula is C24H32N2O3. The number of rotatable bonds is 9. The maximum absolute atomic E-state index is 12.4. The number of hydrogen-bond donors (Lipinski definition) is 1. The van der Waals surface area contributed by atoms with Crippen LogP contribution in [0.1, 0.15) is 36.8 Å². The van der Waals surface area contributed by atoms with Crippen molar-refractivity contribution in [3.63, 3.8) is 0 Å². The van der Waals surface area contributed by atoms with Gasteiger partial charge in [0.25, 0.3) is 0 Å². The van der Waals surface area contributed by atoms with Gasteiger partial charge >= 0.3 is 0 Å². The number of piperidine rings is 1. The average molecular weight is 397 g/mol. The third-order valence-electron chi connectivity index (χ3n) is 5.60. The van der Waals surface area contributed by atoms with Crippen molar-refractivity contribution >= 4 is 5.91 Å². The zero-order valence-corrected chi connectivity index (χ0v) is 17.5. The first-order valence-corrected chi connectivity index (χ1v) is 10.4. The molecule has 0 aliphatic carbocycles. The standard InChI is InChI=1S/C24H32N2O3/c1-28-22-12-11-21(23(15-22)29-2)16-25-24(27)13-10-20-9-6-14-26(18-20)17-19-7-4-3-5-8-19/h3-5,7-8,11-12,15,20H,6,9-10,13-14,16-18H2,1-2H3,(H,25,27). The smallest absolute Gasteiger partial charge is 0.220 e. The van der Waals surface area contributed by atoms with Crippen molar-refractivity contribution in [2.75, 3.05) is 27.3 Å². The number of likely N-dealkylation sites (tertiary alicyclic amines) is 1. The fraction of sp³-hybridized carbons (Fsp3) is 0.458. The molecule has 5 nitrogen and oxygen atoms in total. The Hall–Kier alpha value is -2.53. The van der Waals surface area contributed by atoms with Crippen LogP contribution >= 0.6 is 0 Å². The second kappa shape index (κ2) is 10.9. The zero-order valence-electron chi connectivity index (χ0n) is 17.5. The van der Waals surface area contributed by atoms with Crippen molar-refractivity contribution in [2.24, 2.45) is 5.92 Å². The van der Waals surface area contributed by atoms with E-state index < -0.39 is 0 Å². The molecule has 2 aromatic carbocycles. The van der Waals surface area contributed by atoms with Crippen LogP contribution in [-0.2, 0) is 17.9 Å². The van der Waals surface area contributed by atoms with Gasteiger partial charge in [0, 0.05) is 37.7 Å². The van der Waals surface area contributed by atoms with Crippen LogP contribution < -0.4 is 14.8 Å². The molecule has 1 unspecified atom stereocenters. The number of methoxy groups -OCH3 is 2. The summed E-state index contributed by atoms with van der Waals surface area (Å²) in [6.07, 6.45) is 3.94. The first kappa shape index (κ1) is 21.2. The molecule has 29 heavy (non-hydrogen) atoms. The number of nitrogens with one attached hydrogen (secondary N) is 1. The van der Waals surface area contributed by atoms with Crippen LogP contribution in [-0.4, -0.2) is 38.1 Å². The number of ether oxygens (including phenoxy) is 2. The summed E-state index contributed by atoms with van der Waals surface area (Å²) >= 11 is 0.